The van der Waals surface area contributed by atoms with E-state index in [1.54, 1.807) is 0 Å². The van der Waals surface area contributed by atoms with Gasteiger partial charge < -0.3 is 20.1 Å². The Labute approximate surface area is 163 Å². The Hall–Kier alpha value is -2.09. The number of halogens is 2. The van der Waals surface area contributed by atoms with Crippen LogP contribution in [0.4, 0.5) is 15.0 Å². The van der Waals surface area contributed by atoms with Gasteiger partial charge in [0.2, 0.25) is 0 Å². The van der Waals surface area contributed by atoms with Gasteiger partial charge in [-0.3, -0.25) is 0 Å². The minimum absolute atomic E-state index is 0.00351. The lowest BCUT2D eigenvalue weighted by atomic mass is 9.91. The van der Waals surface area contributed by atoms with Gasteiger partial charge in [-0.25, -0.2) is 19.0 Å². The highest BCUT2D eigenvalue weighted by Crippen LogP contribution is 2.26. The average Bonchev–Trinajstić information content (AvgIpc) is 2.57. The Morgan fingerprint density at radius 3 is 2.37 bits per heavy atom. The molecule has 1 aliphatic carbocycles. The van der Waals surface area contributed by atoms with Crippen molar-refractivity contribution in [2.45, 2.75) is 64.1 Å². The van der Waals surface area contributed by atoms with Crippen molar-refractivity contribution < 1.29 is 23.5 Å². The molecule has 27 heavy (non-hydrogen) atoms. The summed E-state index contributed by atoms with van der Waals surface area (Å²) >= 11 is 5.95. The Bertz CT molecular complexity index is 701. The van der Waals surface area contributed by atoms with E-state index in [1.165, 1.54) is 7.11 Å². The summed E-state index contributed by atoms with van der Waals surface area (Å²) in [5.41, 5.74) is -0.658. The van der Waals surface area contributed by atoms with Gasteiger partial charge in [0.15, 0.2) is 11.6 Å². The number of carbonyl (C=O) groups excluding carboxylic acids is 2. The molecule has 0 bridgehead atoms. The van der Waals surface area contributed by atoms with Crippen LogP contribution >= 0.6 is 11.6 Å². The molecule has 9 heteroatoms. The van der Waals surface area contributed by atoms with E-state index in [4.69, 9.17) is 16.3 Å². The number of aromatic nitrogens is 1. The predicted molar refractivity (Wildman–Crippen MR) is 99.6 cm³/mol. The maximum atomic E-state index is 14.2. The second-order valence-corrected chi connectivity index (χ2v) is 7.85. The fraction of sp³-hybridized carbons (Fsp3) is 0.611. The fourth-order valence-corrected chi connectivity index (χ4v) is 3.09. The third-order valence-electron chi connectivity index (χ3n) is 4.12. The van der Waals surface area contributed by atoms with E-state index >= 15 is 0 Å². The highest BCUT2D eigenvalue weighted by Gasteiger charge is 2.26. The van der Waals surface area contributed by atoms with E-state index in [0.29, 0.717) is 0 Å². The third kappa shape index (κ3) is 6.23. The van der Waals surface area contributed by atoms with Crippen LogP contribution in [0, 0.1) is 5.82 Å². The number of alkyl carbamates (subject to hydrolysis) is 1. The molecule has 0 unspecified atom stereocenters. The van der Waals surface area contributed by atoms with Gasteiger partial charge in [-0.1, -0.05) is 11.6 Å². The molecular formula is C18H25ClFN3O4. The number of esters is 1. The van der Waals surface area contributed by atoms with E-state index in [1.807, 2.05) is 20.8 Å². The largest absolute Gasteiger partial charge is 0.465 e. The molecule has 0 radical (unpaired) electrons. The standard InChI is InChI=1S/C18H25ClFN3O4/c1-18(2,3)27-17(25)22-11-7-5-10(6-8-11)21-15-13(20)9-12(14(19)23-15)16(24)26-4/h9-11H,5-8H2,1-4H3,(H,21,23)(H,22,25)/t10-,11-. The number of nitrogens with zero attached hydrogens (tertiary/aromatic N) is 1. The monoisotopic (exact) mass is 401 g/mol. The summed E-state index contributed by atoms with van der Waals surface area (Å²) in [7, 11) is 1.19. The van der Waals surface area contributed by atoms with E-state index in [0.717, 1.165) is 31.7 Å². The number of anilines is 1. The van der Waals surface area contributed by atoms with Gasteiger partial charge in [0.25, 0.3) is 0 Å². The van der Waals surface area contributed by atoms with Gasteiger partial charge in [-0.05, 0) is 52.5 Å². The number of ether oxygens (including phenoxy) is 2. The van der Waals surface area contributed by atoms with Gasteiger partial charge in [-0.2, -0.15) is 0 Å². The topological polar surface area (TPSA) is 89.6 Å². The minimum atomic E-state index is -0.744. The van der Waals surface area contributed by atoms with Crippen molar-refractivity contribution in [1.29, 1.82) is 0 Å². The Morgan fingerprint density at radius 1 is 1.22 bits per heavy atom. The van der Waals surface area contributed by atoms with Gasteiger partial charge in [-0.15, -0.1) is 0 Å². The van der Waals surface area contributed by atoms with Crippen LogP contribution in [0.2, 0.25) is 5.15 Å². The lowest BCUT2D eigenvalue weighted by Crippen LogP contribution is -2.42. The van der Waals surface area contributed by atoms with Crippen LogP contribution < -0.4 is 10.6 Å². The van der Waals surface area contributed by atoms with E-state index in [9.17, 15) is 14.0 Å². The van der Waals surface area contributed by atoms with Crippen molar-refractivity contribution in [2.75, 3.05) is 12.4 Å². The maximum absolute atomic E-state index is 14.2. The first-order chi connectivity index (χ1) is 12.6. The van der Waals surface area contributed by atoms with Crippen LogP contribution in [-0.2, 0) is 9.47 Å². The second-order valence-electron chi connectivity index (χ2n) is 7.49. The molecule has 1 aromatic heterocycles. The molecule has 1 aliphatic rings. The molecule has 0 spiro atoms. The SMILES string of the molecule is COC(=O)c1cc(F)c(N[C@H]2CC[C@H](NC(=O)OC(C)(C)C)CC2)nc1Cl. The Morgan fingerprint density at radius 2 is 1.81 bits per heavy atom. The molecule has 0 saturated heterocycles. The zero-order valence-corrected chi connectivity index (χ0v) is 16.7. The summed E-state index contributed by atoms with van der Waals surface area (Å²) in [6.07, 6.45) is 2.46. The number of rotatable bonds is 4. The normalized spacial score (nSPS) is 19.9. The van der Waals surface area contributed by atoms with Crippen molar-refractivity contribution in [2.24, 2.45) is 0 Å². The summed E-state index contributed by atoms with van der Waals surface area (Å²) in [4.78, 5) is 27.3. The molecular weight excluding hydrogens is 377 g/mol. The number of nitrogens with one attached hydrogen (secondary N) is 2. The minimum Gasteiger partial charge on any atom is -0.465 e. The van der Waals surface area contributed by atoms with Crippen LogP contribution in [0.5, 0.6) is 0 Å². The number of methoxy groups -OCH3 is 1. The molecule has 7 nitrogen and oxygen atoms in total. The zero-order chi connectivity index (χ0) is 20.2. The van der Waals surface area contributed by atoms with Crippen molar-refractivity contribution in [1.82, 2.24) is 10.3 Å². The number of carbonyl (C=O) groups is 2. The van der Waals surface area contributed by atoms with E-state index in [2.05, 4.69) is 20.4 Å². The van der Waals surface area contributed by atoms with Crippen LogP contribution in [0.3, 0.4) is 0 Å². The predicted octanol–water partition coefficient (Wildman–Crippen LogP) is 3.91. The lowest BCUT2D eigenvalue weighted by Gasteiger charge is -2.30. The summed E-state index contributed by atoms with van der Waals surface area (Å²) in [6.45, 7) is 5.43. The molecule has 1 heterocycles. The second kappa shape index (κ2) is 8.73. The van der Waals surface area contributed by atoms with Crippen LogP contribution in [0.25, 0.3) is 0 Å². The van der Waals surface area contributed by atoms with Crippen molar-refractivity contribution in [3.63, 3.8) is 0 Å². The average molecular weight is 402 g/mol. The molecule has 0 atom stereocenters. The maximum Gasteiger partial charge on any atom is 0.407 e. The molecule has 1 saturated carbocycles. The number of hydrogen-bond donors (Lipinski definition) is 2. The molecule has 1 amide bonds. The molecule has 2 N–H and O–H groups in total. The first-order valence-corrected chi connectivity index (χ1v) is 9.17. The van der Waals surface area contributed by atoms with Crippen LogP contribution in [0.15, 0.2) is 6.07 Å². The van der Waals surface area contributed by atoms with Gasteiger partial charge in [0.1, 0.15) is 16.3 Å². The van der Waals surface area contributed by atoms with Crippen LogP contribution in [-0.4, -0.2) is 41.8 Å². The summed E-state index contributed by atoms with van der Waals surface area (Å²) in [5, 5.41) is 5.76. The zero-order valence-electron chi connectivity index (χ0n) is 15.9. The summed E-state index contributed by atoms with van der Waals surface area (Å²) < 4.78 is 24.0. The van der Waals surface area contributed by atoms with Crippen molar-refractivity contribution >= 4 is 29.5 Å². The number of pyridine rings is 1. The van der Waals surface area contributed by atoms with E-state index in [-0.39, 0.29) is 28.6 Å². The molecule has 0 aromatic carbocycles. The molecule has 150 valence electrons. The first kappa shape index (κ1) is 21.2. The smallest absolute Gasteiger partial charge is 0.407 e. The van der Waals surface area contributed by atoms with Crippen molar-refractivity contribution in [3.8, 4) is 0 Å². The van der Waals surface area contributed by atoms with Gasteiger partial charge in [0, 0.05) is 12.1 Å². The molecule has 0 aliphatic heterocycles. The van der Waals surface area contributed by atoms with Crippen molar-refractivity contribution in [3.05, 3.63) is 22.6 Å². The number of amides is 1. The number of hydrogen-bond acceptors (Lipinski definition) is 6. The lowest BCUT2D eigenvalue weighted by molar-refractivity contribution is 0.0491. The molecule has 2 rings (SSSR count). The van der Waals surface area contributed by atoms with Gasteiger partial charge in [0.05, 0.1) is 7.11 Å². The quantitative estimate of drug-likeness (QED) is 0.587. The first-order valence-electron chi connectivity index (χ1n) is 8.79. The molecule has 1 fully saturated rings. The third-order valence-corrected chi connectivity index (χ3v) is 4.41. The fourth-order valence-electron chi connectivity index (χ4n) is 2.87. The summed E-state index contributed by atoms with van der Waals surface area (Å²) in [5.74, 6) is -1.42. The highest BCUT2D eigenvalue weighted by molar-refractivity contribution is 6.32. The summed E-state index contributed by atoms with van der Waals surface area (Å²) in [6, 6.07) is 1.02. The van der Waals surface area contributed by atoms with E-state index < -0.39 is 23.5 Å². The Kier molecular flexibility index (Phi) is 6.86. The van der Waals surface area contributed by atoms with Gasteiger partial charge >= 0.3 is 12.1 Å². The highest BCUT2D eigenvalue weighted by atomic mass is 35.5. The Balaban J connectivity index is 1.90. The molecule has 1 aromatic rings. The van der Waals surface area contributed by atoms with Crippen LogP contribution in [0.1, 0.15) is 56.8 Å².